The van der Waals surface area contributed by atoms with Crippen LogP contribution in [0.1, 0.15) is 38.5 Å². The highest BCUT2D eigenvalue weighted by Gasteiger charge is 2.27. The van der Waals surface area contributed by atoms with Crippen molar-refractivity contribution in [2.45, 2.75) is 44.6 Å². The highest BCUT2D eigenvalue weighted by Crippen LogP contribution is 2.20. The van der Waals surface area contributed by atoms with Crippen molar-refractivity contribution >= 4 is 12.0 Å². The molecule has 0 aromatic rings. The molecule has 1 atom stereocenters. The van der Waals surface area contributed by atoms with Crippen LogP contribution in [0.2, 0.25) is 0 Å². The van der Waals surface area contributed by atoms with Crippen LogP contribution in [0.3, 0.4) is 0 Å². The van der Waals surface area contributed by atoms with Gasteiger partial charge in [0.1, 0.15) is 0 Å². The molecule has 2 aliphatic rings. The number of hydrogen-bond acceptors (Lipinski definition) is 3. The van der Waals surface area contributed by atoms with Crippen molar-refractivity contribution in [3.05, 3.63) is 0 Å². The van der Waals surface area contributed by atoms with Crippen molar-refractivity contribution in [3.63, 3.8) is 0 Å². The summed E-state index contributed by atoms with van der Waals surface area (Å²) in [6.07, 6.45) is 6.49. The van der Waals surface area contributed by atoms with Crippen LogP contribution in [0.4, 0.5) is 4.79 Å². The van der Waals surface area contributed by atoms with Crippen LogP contribution in [-0.4, -0.2) is 54.4 Å². The van der Waals surface area contributed by atoms with E-state index in [4.69, 9.17) is 9.84 Å². The molecule has 2 N–H and O–H groups in total. The zero-order chi connectivity index (χ0) is 14.4. The number of carboxylic acids is 1. The zero-order valence-corrected chi connectivity index (χ0v) is 11.8. The summed E-state index contributed by atoms with van der Waals surface area (Å²) in [6, 6.07) is -0.175. The summed E-state index contributed by atoms with van der Waals surface area (Å²) in [6.45, 7) is 1.97. The van der Waals surface area contributed by atoms with Gasteiger partial charge in [0, 0.05) is 19.6 Å². The van der Waals surface area contributed by atoms with E-state index in [1.165, 1.54) is 12.8 Å². The summed E-state index contributed by atoms with van der Waals surface area (Å²) >= 11 is 0. The van der Waals surface area contributed by atoms with Crippen molar-refractivity contribution in [3.8, 4) is 0 Å². The highest BCUT2D eigenvalue weighted by molar-refractivity contribution is 5.76. The summed E-state index contributed by atoms with van der Waals surface area (Å²) in [5.74, 6) is -1.24. The molecule has 2 rings (SSSR count). The van der Waals surface area contributed by atoms with Crippen LogP contribution in [0.5, 0.6) is 0 Å². The molecule has 20 heavy (non-hydrogen) atoms. The Morgan fingerprint density at radius 2 is 1.95 bits per heavy atom. The lowest BCUT2D eigenvalue weighted by molar-refractivity contribution is -0.143. The second kappa shape index (κ2) is 7.47. The normalized spacial score (nSPS) is 23.8. The Balaban J connectivity index is 1.62. The minimum Gasteiger partial charge on any atom is -0.481 e. The van der Waals surface area contributed by atoms with Gasteiger partial charge in [0.05, 0.1) is 18.6 Å². The number of ether oxygens (including phenoxy) is 1. The summed E-state index contributed by atoms with van der Waals surface area (Å²) < 4.78 is 5.67. The standard InChI is InChI=1S/C14H24N2O4/c17-13(18)11-4-3-8-16(10-11)14(19)15-7-9-20-12-5-1-2-6-12/h11-12H,1-10H2,(H,15,19)(H,17,18)/t11-/m1/s1. The van der Waals surface area contributed by atoms with Gasteiger partial charge >= 0.3 is 12.0 Å². The second-order valence-corrected chi connectivity index (χ2v) is 5.63. The van der Waals surface area contributed by atoms with E-state index >= 15 is 0 Å². The van der Waals surface area contributed by atoms with Gasteiger partial charge in [0.2, 0.25) is 0 Å². The molecule has 0 spiro atoms. The lowest BCUT2D eigenvalue weighted by atomic mass is 9.99. The van der Waals surface area contributed by atoms with Gasteiger partial charge in [-0.15, -0.1) is 0 Å². The largest absolute Gasteiger partial charge is 0.481 e. The van der Waals surface area contributed by atoms with E-state index in [-0.39, 0.29) is 6.03 Å². The van der Waals surface area contributed by atoms with Gasteiger partial charge in [0.15, 0.2) is 0 Å². The molecule has 1 aliphatic heterocycles. The Labute approximate surface area is 119 Å². The number of rotatable bonds is 5. The Hall–Kier alpha value is -1.30. The SMILES string of the molecule is O=C(O)[C@@H]1CCCN(C(=O)NCCOC2CCCC2)C1. The molecule has 114 valence electrons. The number of hydrogen-bond donors (Lipinski definition) is 2. The molecule has 0 aromatic carbocycles. The molecule has 1 aliphatic carbocycles. The van der Waals surface area contributed by atoms with E-state index < -0.39 is 11.9 Å². The Bertz CT molecular complexity index is 342. The van der Waals surface area contributed by atoms with Crippen LogP contribution in [0.15, 0.2) is 0 Å². The Morgan fingerprint density at radius 1 is 1.20 bits per heavy atom. The van der Waals surface area contributed by atoms with Gasteiger partial charge < -0.3 is 20.1 Å². The molecule has 0 radical (unpaired) electrons. The Kier molecular flexibility index (Phi) is 5.64. The number of aliphatic carboxylic acids is 1. The maximum Gasteiger partial charge on any atom is 0.317 e. The number of nitrogens with one attached hydrogen (secondary N) is 1. The lowest BCUT2D eigenvalue weighted by Crippen LogP contribution is -2.47. The number of carboxylic acid groups (broad SMARTS) is 1. The van der Waals surface area contributed by atoms with Gasteiger partial charge in [-0.1, -0.05) is 12.8 Å². The van der Waals surface area contributed by atoms with E-state index in [9.17, 15) is 9.59 Å². The number of carbonyl (C=O) groups is 2. The number of amides is 2. The first-order valence-corrected chi connectivity index (χ1v) is 7.54. The van der Waals surface area contributed by atoms with Gasteiger partial charge in [-0.25, -0.2) is 4.79 Å². The van der Waals surface area contributed by atoms with Crippen molar-refractivity contribution in [1.29, 1.82) is 0 Å². The van der Waals surface area contributed by atoms with Crippen LogP contribution in [0.25, 0.3) is 0 Å². The van der Waals surface area contributed by atoms with E-state index in [2.05, 4.69) is 5.32 Å². The molecule has 2 fully saturated rings. The monoisotopic (exact) mass is 284 g/mol. The summed E-state index contributed by atoms with van der Waals surface area (Å²) in [7, 11) is 0. The van der Waals surface area contributed by atoms with Crippen LogP contribution in [0, 0.1) is 5.92 Å². The fourth-order valence-corrected chi connectivity index (χ4v) is 2.91. The van der Waals surface area contributed by atoms with Crippen molar-refractivity contribution in [2.24, 2.45) is 5.92 Å². The average Bonchev–Trinajstić information content (AvgIpc) is 2.96. The lowest BCUT2D eigenvalue weighted by Gasteiger charge is -2.30. The third-order valence-corrected chi connectivity index (χ3v) is 4.09. The minimum absolute atomic E-state index is 0.175. The predicted octanol–water partition coefficient (Wildman–Crippen LogP) is 1.45. The molecule has 6 nitrogen and oxygen atoms in total. The molecule has 0 unspecified atom stereocenters. The average molecular weight is 284 g/mol. The number of likely N-dealkylation sites (tertiary alicyclic amines) is 1. The molecular weight excluding hydrogens is 260 g/mol. The maximum absolute atomic E-state index is 11.9. The molecule has 1 saturated carbocycles. The van der Waals surface area contributed by atoms with E-state index in [1.54, 1.807) is 4.90 Å². The van der Waals surface area contributed by atoms with Crippen molar-refractivity contribution in [2.75, 3.05) is 26.2 Å². The molecule has 1 heterocycles. The van der Waals surface area contributed by atoms with Gasteiger partial charge in [-0.3, -0.25) is 4.79 Å². The van der Waals surface area contributed by atoms with Gasteiger partial charge in [-0.05, 0) is 25.7 Å². The van der Waals surface area contributed by atoms with Crippen molar-refractivity contribution in [1.82, 2.24) is 10.2 Å². The summed E-state index contributed by atoms with van der Waals surface area (Å²) in [5, 5.41) is 11.8. The predicted molar refractivity (Wildman–Crippen MR) is 73.5 cm³/mol. The van der Waals surface area contributed by atoms with Crippen molar-refractivity contribution < 1.29 is 19.4 Å². The fraction of sp³-hybridized carbons (Fsp3) is 0.857. The molecule has 6 heteroatoms. The second-order valence-electron chi connectivity index (χ2n) is 5.63. The van der Waals surface area contributed by atoms with Crippen LogP contribution in [-0.2, 0) is 9.53 Å². The zero-order valence-electron chi connectivity index (χ0n) is 11.8. The molecule has 2 amide bonds. The number of carbonyl (C=O) groups excluding carboxylic acids is 1. The number of urea groups is 1. The van der Waals surface area contributed by atoms with E-state index in [0.717, 1.165) is 19.3 Å². The topological polar surface area (TPSA) is 78.9 Å². The first-order valence-electron chi connectivity index (χ1n) is 7.54. The highest BCUT2D eigenvalue weighted by atomic mass is 16.5. The van der Waals surface area contributed by atoms with Crippen LogP contribution >= 0.6 is 0 Å². The minimum atomic E-state index is -0.813. The first kappa shape index (κ1) is 15.1. The molecule has 0 bridgehead atoms. The van der Waals surface area contributed by atoms with E-state index in [0.29, 0.717) is 38.8 Å². The molecular formula is C14H24N2O4. The molecule has 1 saturated heterocycles. The number of nitrogens with zero attached hydrogens (tertiary/aromatic N) is 1. The maximum atomic E-state index is 11.9. The quantitative estimate of drug-likeness (QED) is 0.749. The summed E-state index contributed by atoms with van der Waals surface area (Å²) in [5.41, 5.74) is 0. The third-order valence-electron chi connectivity index (χ3n) is 4.09. The Morgan fingerprint density at radius 3 is 2.65 bits per heavy atom. The summed E-state index contributed by atoms with van der Waals surface area (Å²) in [4.78, 5) is 24.5. The van der Waals surface area contributed by atoms with Gasteiger partial charge in [-0.2, -0.15) is 0 Å². The number of piperidine rings is 1. The smallest absolute Gasteiger partial charge is 0.317 e. The first-order chi connectivity index (χ1) is 9.66. The van der Waals surface area contributed by atoms with Crippen LogP contribution < -0.4 is 5.32 Å². The van der Waals surface area contributed by atoms with E-state index in [1.807, 2.05) is 0 Å². The third kappa shape index (κ3) is 4.37. The molecule has 0 aromatic heterocycles. The fourth-order valence-electron chi connectivity index (χ4n) is 2.91. The van der Waals surface area contributed by atoms with Gasteiger partial charge in [0.25, 0.3) is 0 Å².